The van der Waals surface area contributed by atoms with Gasteiger partial charge in [0.25, 0.3) is 0 Å². The smallest absolute Gasteiger partial charge is 0.220 e. The Balaban J connectivity index is 1.71. The lowest BCUT2D eigenvalue weighted by atomic mass is 9.89. The largest absolute Gasteiger partial charge is 0.356 e. The monoisotopic (exact) mass is 224 g/mol. The van der Waals surface area contributed by atoms with E-state index in [0.717, 1.165) is 13.0 Å². The van der Waals surface area contributed by atoms with Gasteiger partial charge in [-0.25, -0.2) is 0 Å². The summed E-state index contributed by atoms with van der Waals surface area (Å²) in [5.74, 6) is 1.42. The summed E-state index contributed by atoms with van der Waals surface area (Å²) < 4.78 is 0. The Hall–Kier alpha value is -0.570. The third-order valence-corrected chi connectivity index (χ3v) is 3.75. The van der Waals surface area contributed by atoms with Gasteiger partial charge >= 0.3 is 0 Å². The zero-order valence-electron chi connectivity index (χ0n) is 10.5. The Kier molecular flexibility index (Phi) is 3.85. The van der Waals surface area contributed by atoms with Crippen molar-refractivity contribution in [1.82, 2.24) is 10.6 Å². The minimum Gasteiger partial charge on any atom is -0.356 e. The van der Waals surface area contributed by atoms with Gasteiger partial charge in [0.2, 0.25) is 5.91 Å². The summed E-state index contributed by atoms with van der Waals surface area (Å²) in [5.41, 5.74) is 0. The van der Waals surface area contributed by atoms with Crippen LogP contribution in [0.1, 0.15) is 46.0 Å². The van der Waals surface area contributed by atoms with Crippen LogP contribution in [0.3, 0.4) is 0 Å². The molecular formula is C13H24N2O. The Bertz CT molecular complexity index is 240. The molecular weight excluding hydrogens is 200 g/mol. The number of carbonyl (C=O) groups excluding carboxylic acids is 1. The first kappa shape index (κ1) is 11.9. The highest BCUT2D eigenvalue weighted by Gasteiger charge is 2.33. The second-order valence-corrected chi connectivity index (χ2v) is 5.88. The molecule has 2 bridgehead atoms. The van der Waals surface area contributed by atoms with Gasteiger partial charge in [0, 0.05) is 25.0 Å². The van der Waals surface area contributed by atoms with E-state index >= 15 is 0 Å². The number of piperidine rings is 1. The molecule has 0 aromatic rings. The van der Waals surface area contributed by atoms with E-state index in [1.807, 2.05) is 0 Å². The van der Waals surface area contributed by atoms with Crippen LogP contribution >= 0.6 is 0 Å². The molecule has 2 fully saturated rings. The number of hydrogen-bond acceptors (Lipinski definition) is 2. The predicted molar refractivity (Wildman–Crippen MR) is 65.1 cm³/mol. The second-order valence-electron chi connectivity index (χ2n) is 5.88. The molecule has 1 amide bonds. The van der Waals surface area contributed by atoms with Crippen molar-refractivity contribution >= 4 is 5.91 Å². The minimum atomic E-state index is 0.250. The Morgan fingerprint density at radius 2 is 1.94 bits per heavy atom. The van der Waals surface area contributed by atoms with Crippen molar-refractivity contribution in [2.45, 2.75) is 58.0 Å². The topological polar surface area (TPSA) is 41.1 Å². The summed E-state index contributed by atoms with van der Waals surface area (Å²) in [5, 5.41) is 6.63. The van der Waals surface area contributed by atoms with E-state index in [1.165, 1.54) is 25.7 Å². The molecule has 0 saturated carbocycles. The average Bonchev–Trinajstić information content (AvgIpc) is 2.55. The van der Waals surface area contributed by atoms with Crippen LogP contribution in [-0.4, -0.2) is 24.5 Å². The van der Waals surface area contributed by atoms with Crippen molar-refractivity contribution < 1.29 is 4.79 Å². The number of amides is 1. The van der Waals surface area contributed by atoms with Gasteiger partial charge in [-0.2, -0.15) is 0 Å². The molecule has 2 heterocycles. The third kappa shape index (κ3) is 3.21. The Morgan fingerprint density at radius 3 is 2.50 bits per heavy atom. The lowest BCUT2D eigenvalue weighted by Crippen LogP contribution is -2.40. The van der Waals surface area contributed by atoms with E-state index in [0.29, 0.717) is 23.9 Å². The molecule has 0 aliphatic carbocycles. The van der Waals surface area contributed by atoms with Crippen LogP contribution < -0.4 is 10.6 Å². The summed E-state index contributed by atoms with van der Waals surface area (Å²) in [6.45, 7) is 5.08. The van der Waals surface area contributed by atoms with Crippen LogP contribution in [0.4, 0.5) is 0 Å². The summed E-state index contributed by atoms with van der Waals surface area (Å²) in [6.07, 6.45) is 5.77. The summed E-state index contributed by atoms with van der Waals surface area (Å²) >= 11 is 0. The molecule has 0 aromatic heterocycles. The zero-order valence-corrected chi connectivity index (χ0v) is 10.5. The van der Waals surface area contributed by atoms with Crippen LogP contribution in [0, 0.1) is 11.8 Å². The number of hydrogen-bond donors (Lipinski definition) is 2. The first-order valence-electron chi connectivity index (χ1n) is 6.66. The van der Waals surface area contributed by atoms with Crippen molar-refractivity contribution in [2.24, 2.45) is 11.8 Å². The van der Waals surface area contributed by atoms with Gasteiger partial charge in [-0.05, 0) is 37.5 Å². The number of carbonyl (C=O) groups is 1. The predicted octanol–water partition coefficient (Wildman–Crippen LogP) is 1.68. The van der Waals surface area contributed by atoms with E-state index in [2.05, 4.69) is 24.5 Å². The third-order valence-electron chi connectivity index (χ3n) is 3.75. The Morgan fingerprint density at radius 1 is 1.31 bits per heavy atom. The van der Waals surface area contributed by atoms with Gasteiger partial charge < -0.3 is 10.6 Å². The SMILES string of the molecule is CC(C)CNC(=O)CC1CC2CCC(C1)N2. The molecule has 2 aliphatic rings. The van der Waals surface area contributed by atoms with Crippen LogP contribution in [0.25, 0.3) is 0 Å². The van der Waals surface area contributed by atoms with Crippen LogP contribution in [0.5, 0.6) is 0 Å². The highest BCUT2D eigenvalue weighted by molar-refractivity contribution is 5.76. The minimum absolute atomic E-state index is 0.250. The highest BCUT2D eigenvalue weighted by Crippen LogP contribution is 2.32. The number of fused-ring (bicyclic) bond motifs is 2. The maximum atomic E-state index is 11.7. The molecule has 0 aromatic carbocycles. The van der Waals surface area contributed by atoms with Gasteiger partial charge in [0.05, 0.1) is 0 Å². The fourth-order valence-electron chi connectivity index (χ4n) is 2.99. The molecule has 0 radical (unpaired) electrons. The molecule has 3 nitrogen and oxygen atoms in total. The summed E-state index contributed by atoms with van der Waals surface area (Å²) in [4.78, 5) is 11.7. The van der Waals surface area contributed by atoms with E-state index in [1.54, 1.807) is 0 Å². The number of nitrogens with one attached hydrogen (secondary N) is 2. The lowest BCUT2D eigenvalue weighted by Gasteiger charge is -2.28. The lowest BCUT2D eigenvalue weighted by molar-refractivity contribution is -0.122. The highest BCUT2D eigenvalue weighted by atomic mass is 16.1. The molecule has 3 heteroatoms. The first-order chi connectivity index (χ1) is 7.63. The fourth-order valence-corrected chi connectivity index (χ4v) is 2.99. The van der Waals surface area contributed by atoms with Gasteiger partial charge in [-0.15, -0.1) is 0 Å². The first-order valence-corrected chi connectivity index (χ1v) is 6.66. The van der Waals surface area contributed by atoms with E-state index in [9.17, 15) is 4.79 Å². The van der Waals surface area contributed by atoms with E-state index in [4.69, 9.17) is 0 Å². The maximum absolute atomic E-state index is 11.7. The van der Waals surface area contributed by atoms with Crippen molar-refractivity contribution in [3.63, 3.8) is 0 Å². The molecule has 0 spiro atoms. The van der Waals surface area contributed by atoms with Crippen molar-refractivity contribution in [3.8, 4) is 0 Å². The number of rotatable bonds is 4. The molecule has 2 saturated heterocycles. The van der Waals surface area contributed by atoms with Crippen molar-refractivity contribution in [2.75, 3.05) is 6.54 Å². The normalized spacial score (nSPS) is 33.1. The molecule has 2 unspecified atom stereocenters. The molecule has 2 rings (SSSR count). The fraction of sp³-hybridized carbons (Fsp3) is 0.923. The molecule has 92 valence electrons. The summed E-state index contributed by atoms with van der Waals surface area (Å²) in [7, 11) is 0. The van der Waals surface area contributed by atoms with Crippen LogP contribution in [0.2, 0.25) is 0 Å². The Labute approximate surface area is 98.4 Å². The van der Waals surface area contributed by atoms with Gasteiger partial charge in [0.15, 0.2) is 0 Å². The second kappa shape index (κ2) is 5.17. The molecule has 2 atom stereocenters. The molecule has 2 N–H and O–H groups in total. The van der Waals surface area contributed by atoms with Gasteiger partial charge in [0.1, 0.15) is 0 Å². The van der Waals surface area contributed by atoms with Crippen LogP contribution in [-0.2, 0) is 4.79 Å². The standard InChI is InChI=1S/C13H24N2O/c1-9(2)8-14-13(16)7-10-5-11-3-4-12(6-10)15-11/h9-12,15H,3-8H2,1-2H3,(H,14,16). The van der Waals surface area contributed by atoms with Gasteiger partial charge in [-0.1, -0.05) is 13.8 Å². The van der Waals surface area contributed by atoms with E-state index < -0.39 is 0 Å². The quantitative estimate of drug-likeness (QED) is 0.763. The van der Waals surface area contributed by atoms with Crippen molar-refractivity contribution in [3.05, 3.63) is 0 Å². The zero-order chi connectivity index (χ0) is 11.5. The van der Waals surface area contributed by atoms with E-state index in [-0.39, 0.29) is 5.91 Å². The average molecular weight is 224 g/mol. The van der Waals surface area contributed by atoms with Gasteiger partial charge in [-0.3, -0.25) is 4.79 Å². The summed E-state index contributed by atoms with van der Waals surface area (Å²) in [6, 6.07) is 1.39. The molecule has 2 aliphatic heterocycles. The van der Waals surface area contributed by atoms with Crippen molar-refractivity contribution in [1.29, 1.82) is 0 Å². The molecule has 16 heavy (non-hydrogen) atoms. The van der Waals surface area contributed by atoms with Crippen LogP contribution in [0.15, 0.2) is 0 Å². The maximum Gasteiger partial charge on any atom is 0.220 e.